The predicted molar refractivity (Wildman–Crippen MR) is 196 cm³/mol. The number of aromatic nitrogens is 2. The molecule has 0 bridgehead atoms. The maximum atomic E-state index is 13.6. The molecule has 4 aromatic carbocycles. The summed E-state index contributed by atoms with van der Waals surface area (Å²) in [5.74, 6) is -0.391. The Hall–Kier alpha value is -6.01. The van der Waals surface area contributed by atoms with Crippen LogP contribution in [0.3, 0.4) is 0 Å². The molecule has 1 unspecified atom stereocenters. The Labute approximate surface area is 293 Å². The van der Waals surface area contributed by atoms with Crippen LogP contribution in [-0.2, 0) is 16.6 Å². The first-order valence-corrected chi connectivity index (χ1v) is 16.5. The van der Waals surface area contributed by atoms with E-state index in [4.69, 9.17) is 9.47 Å². The van der Waals surface area contributed by atoms with E-state index in [-0.39, 0.29) is 22.9 Å². The number of nitrogens with zero attached hydrogens (tertiary/aromatic N) is 2. The van der Waals surface area contributed by atoms with Gasteiger partial charge in [-0.2, -0.15) is 0 Å². The number of carbonyl (C=O) groups excluding carboxylic acids is 3. The van der Waals surface area contributed by atoms with Crippen LogP contribution in [0, 0.1) is 6.92 Å². The zero-order valence-corrected chi connectivity index (χ0v) is 29.0. The molecule has 3 N–H and O–H groups in total. The SMILES string of the molecule is COc1ccc(/C=C(/NC(=O)c2ccccc2)C(=O)Nc2cccc(SC(C)C(=O)Nc3c(C)n(C)n(-c4ccccc4)c3=O)c2)cc1OC. The third kappa shape index (κ3) is 8.16. The van der Waals surface area contributed by atoms with E-state index in [2.05, 4.69) is 16.0 Å². The highest BCUT2D eigenvalue weighted by Gasteiger charge is 2.22. The van der Waals surface area contributed by atoms with E-state index in [0.29, 0.717) is 44.6 Å². The number of thioether (sulfide) groups is 1. The number of ether oxygens (including phenoxy) is 2. The number of methoxy groups -OCH3 is 2. The third-order valence-corrected chi connectivity index (χ3v) is 8.92. The molecule has 0 spiro atoms. The Morgan fingerprint density at radius 1 is 0.820 bits per heavy atom. The van der Waals surface area contributed by atoms with Gasteiger partial charge in [-0.25, -0.2) is 4.68 Å². The van der Waals surface area contributed by atoms with Crippen molar-refractivity contribution in [2.75, 3.05) is 24.9 Å². The summed E-state index contributed by atoms with van der Waals surface area (Å²) in [5, 5.41) is 7.81. The molecule has 1 atom stereocenters. The highest BCUT2D eigenvalue weighted by atomic mass is 32.2. The van der Waals surface area contributed by atoms with Gasteiger partial charge in [-0.1, -0.05) is 48.5 Å². The fourth-order valence-electron chi connectivity index (χ4n) is 5.09. The third-order valence-electron chi connectivity index (χ3n) is 7.82. The second kappa shape index (κ2) is 15.9. The Kier molecular flexibility index (Phi) is 11.2. The molecule has 0 saturated heterocycles. The number of anilines is 2. The summed E-state index contributed by atoms with van der Waals surface area (Å²) < 4.78 is 13.9. The first-order valence-electron chi connectivity index (χ1n) is 15.6. The number of hydrogen-bond acceptors (Lipinski definition) is 7. The monoisotopic (exact) mass is 691 g/mol. The fraction of sp³-hybridized carbons (Fsp3) is 0.158. The molecule has 0 aliphatic rings. The van der Waals surface area contributed by atoms with E-state index in [0.717, 1.165) is 0 Å². The van der Waals surface area contributed by atoms with Crippen molar-refractivity contribution in [3.63, 3.8) is 0 Å². The van der Waals surface area contributed by atoms with Gasteiger partial charge in [0.05, 0.1) is 30.9 Å². The predicted octanol–water partition coefficient (Wildman–Crippen LogP) is 6.03. The molecule has 3 amide bonds. The van der Waals surface area contributed by atoms with Gasteiger partial charge >= 0.3 is 0 Å². The second-order valence-corrected chi connectivity index (χ2v) is 12.6. The summed E-state index contributed by atoms with van der Waals surface area (Å²) in [6, 6.07) is 29.9. The molecule has 1 aromatic heterocycles. The van der Waals surface area contributed by atoms with Gasteiger partial charge in [0.1, 0.15) is 11.4 Å². The Bertz CT molecular complexity index is 2110. The molecule has 0 saturated carbocycles. The van der Waals surface area contributed by atoms with Gasteiger partial charge in [0.15, 0.2) is 11.5 Å². The van der Waals surface area contributed by atoms with Crippen molar-refractivity contribution >= 4 is 46.9 Å². The molecule has 5 rings (SSSR count). The number of hydrogen-bond donors (Lipinski definition) is 3. The molecule has 0 fully saturated rings. The summed E-state index contributed by atoms with van der Waals surface area (Å²) in [6.07, 6.45) is 1.54. The van der Waals surface area contributed by atoms with Crippen molar-refractivity contribution in [2.45, 2.75) is 24.0 Å². The lowest BCUT2D eigenvalue weighted by molar-refractivity contribution is -0.115. The standard InChI is InChI=1S/C38H37N5O6S/c1-24-34(38(47)43(42(24)3)29-16-10-7-11-17-29)41-35(44)25(2)50-30-18-12-15-28(23-30)39-37(46)31(40-36(45)27-13-8-6-9-14-27)21-26-19-20-32(48-4)33(22-26)49-5/h6-23,25H,1-5H3,(H,39,46)(H,40,45)(H,41,44)/b31-21+. The number of rotatable bonds is 12. The van der Waals surface area contributed by atoms with Crippen molar-refractivity contribution < 1.29 is 23.9 Å². The van der Waals surface area contributed by atoms with Crippen molar-refractivity contribution in [2.24, 2.45) is 7.05 Å². The minimum atomic E-state index is -0.587. The number of amides is 3. The second-order valence-electron chi connectivity index (χ2n) is 11.2. The van der Waals surface area contributed by atoms with Crippen LogP contribution >= 0.6 is 11.8 Å². The highest BCUT2D eigenvalue weighted by molar-refractivity contribution is 8.00. The smallest absolute Gasteiger partial charge is 0.295 e. The molecule has 50 heavy (non-hydrogen) atoms. The topological polar surface area (TPSA) is 133 Å². The molecule has 5 aromatic rings. The van der Waals surface area contributed by atoms with Crippen molar-refractivity contribution in [1.82, 2.24) is 14.7 Å². The van der Waals surface area contributed by atoms with Crippen LogP contribution in [0.25, 0.3) is 11.8 Å². The molecule has 11 nitrogen and oxygen atoms in total. The number of carbonyl (C=O) groups is 3. The van der Waals surface area contributed by atoms with Crippen LogP contribution in [0.2, 0.25) is 0 Å². The number of para-hydroxylation sites is 1. The largest absolute Gasteiger partial charge is 0.493 e. The van der Waals surface area contributed by atoms with Gasteiger partial charge in [0.2, 0.25) is 5.91 Å². The number of benzene rings is 4. The van der Waals surface area contributed by atoms with E-state index < -0.39 is 17.1 Å². The van der Waals surface area contributed by atoms with Gasteiger partial charge in [-0.15, -0.1) is 11.8 Å². The van der Waals surface area contributed by atoms with Gasteiger partial charge in [0.25, 0.3) is 17.4 Å². The molecular formula is C38H37N5O6S. The maximum Gasteiger partial charge on any atom is 0.295 e. The first kappa shape index (κ1) is 35.3. The molecule has 256 valence electrons. The fourth-order valence-corrected chi connectivity index (χ4v) is 6.02. The van der Waals surface area contributed by atoms with Gasteiger partial charge in [-0.3, -0.25) is 23.9 Å². The Morgan fingerprint density at radius 2 is 1.50 bits per heavy atom. The molecule has 1 heterocycles. The first-order chi connectivity index (χ1) is 24.1. The van der Waals surface area contributed by atoms with Gasteiger partial charge in [0, 0.05) is 23.2 Å². The average Bonchev–Trinajstić information content (AvgIpc) is 3.34. The summed E-state index contributed by atoms with van der Waals surface area (Å²) in [4.78, 5) is 54.0. The van der Waals surface area contributed by atoms with Crippen LogP contribution in [-0.4, -0.2) is 46.6 Å². The van der Waals surface area contributed by atoms with Crippen molar-refractivity contribution in [1.29, 1.82) is 0 Å². The lowest BCUT2D eigenvalue weighted by Crippen LogP contribution is -2.30. The molecular weight excluding hydrogens is 655 g/mol. The van der Waals surface area contributed by atoms with Crippen LogP contribution in [0.5, 0.6) is 11.5 Å². The van der Waals surface area contributed by atoms with Crippen molar-refractivity contribution in [3.05, 3.63) is 136 Å². The normalized spacial score (nSPS) is 11.7. The Morgan fingerprint density at radius 3 is 2.18 bits per heavy atom. The van der Waals surface area contributed by atoms with E-state index >= 15 is 0 Å². The van der Waals surface area contributed by atoms with E-state index in [1.54, 1.807) is 98.4 Å². The molecule has 0 aliphatic carbocycles. The quantitative estimate of drug-likeness (QED) is 0.108. The summed E-state index contributed by atoms with van der Waals surface area (Å²) in [5.41, 5.74) is 2.60. The maximum absolute atomic E-state index is 13.6. The molecule has 0 radical (unpaired) electrons. The van der Waals surface area contributed by atoms with E-state index in [1.165, 1.54) is 30.7 Å². The van der Waals surface area contributed by atoms with Crippen LogP contribution in [0.1, 0.15) is 28.5 Å². The minimum Gasteiger partial charge on any atom is -0.493 e. The Balaban J connectivity index is 1.32. The average molecular weight is 692 g/mol. The molecule has 12 heteroatoms. The van der Waals surface area contributed by atoms with E-state index in [1.807, 2.05) is 36.4 Å². The van der Waals surface area contributed by atoms with Gasteiger partial charge < -0.3 is 25.4 Å². The van der Waals surface area contributed by atoms with E-state index in [9.17, 15) is 19.2 Å². The van der Waals surface area contributed by atoms with Gasteiger partial charge in [-0.05, 0) is 80.1 Å². The minimum absolute atomic E-state index is 0.00346. The van der Waals surface area contributed by atoms with Crippen LogP contribution < -0.4 is 31.0 Å². The summed E-state index contributed by atoms with van der Waals surface area (Å²) in [6.45, 7) is 3.51. The van der Waals surface area contributed by atoms with Crippen LogP contribution in [0.15, 0.2) is 119 Å². The lowest BCUT2D eigenvalue weighted by Gasteiger charge is -2.14. The summed E-state index contributed by atoms with van der Waals surface area (Å²) >= 11 is 1.27. The van der Waals surface area contributed by atoms with Crippen LogP contribution in [0.4, 0.5) is 11.4 Å². The van der Waals surface area contributed by atoms with Crippen molar-refractivity contribution in [3.8, 4) is 17.2 Å². The zero-order chi connectivity index (χ0) is 35.8. The summed E-state index contributed by atoms with van der Waals surface area (Å²) in [7, 11) is 4.80. The number of nitrogens with one attached hydrogen (secondary N) is 3. The molecule has 0 aliphatic heterocycles. The highest BCUT2D eigenvalue weighted by Crippen LogP contribution is 2.29. The lowest BCUT2D eigenvalue weighted by atomic mass is 10.1. The zero-order valence-electron chi connectivity index (χ0n) is 28.2.